The van der Waals surface area contributed by atoms with Crippen molar-refractivity contribution < 1.29 is 4.79 Å². The van der Waals surface area contributed by atoms with Crippen molar-refractivity contribution in [2.45, 2.75) is 33.6 Å². The number of hydrogen-bond donors (Lipinski definition) is 1. The summed E-state index contributed by atoms with van der Waals surface area (Å²) in [6.07, 6.45) is 1.32. The predicted octanol–water partition coefficient (Wildman–Crippen LogP) is 3.89. The fourth-order valence-electron chi connectivity index (χ4n) is 1.53. The van der Waals surface area contributed by atoms with E-state index in [1.54, 1.807) is 6.92 Å². The monoisotopic (exact) mass is 308 g/mol. The van der Waals surface area contributed by atoms with E-state index in [1.807, 2.05) is 32.0 Å². The summed E-state index contributed by atoms with van der Waals surface area (Å²) in [5.74, 6) is -0.246. The summed E-state index contributed by atoms with van der Waals surface area (Å²) in [6, 6.07) is 7.79. The number of carbonyl (C=O) groups is 1. The van der Waals surface area contributed by atoms with Gasteiger partial charge in [-0.1, -0.05) is 29.8 Å². The summed E-state index contributed by atoms with van der Waals surface area (Å²) in [4.78, 5) is 12.1. The lowest BCUT2D eigenvalue weighted by atomic mass is 9.88. The number of benzene rings is 1. The minimum Gasteiger partial charge on any atom is -0.324 e. The smallest absolute Gasteiger partial charge is 0.244 e. The lowest BCUT2D eigenvalue weighted by Gasteiger charge is -2.20. The Labute approximate surface area is 116 Å². The van der Waals surface area contributed by atoms with Crippen molar-refractivity contribution in [3.05, 3.63) is 28.2 Å². The van der Waals surface area contributed by atoms with Gasteiger partial charge in [-0.05, 0) is 43.5 Å². The van der Waals surface area contributed by atoms with Crippen LogP contribution in [0.4, 0.5) is 5.69 Å². The first-order valence-electron chi connectivity index (χ1n) is 5.98. The van der Waals surface area contributed by atoms with Crippen molar-refractivity contribution in [2.24, 2.45) is 5.41 Å². The van der Waals surface area contributed by atoms with Crippen LogP contribution in [0.3, 0.4) is 0 Å². The van der Waals surface area contributed by atoms with E-state index in [0.29, 0.717) is 6.42 Å². The van der Waals surface area contributed by atoms with Gasteiger partial charge >= 0.3 is 0 Å². The van der Waals surface area contributed by atoms with E-state index in [-0.39, 0.29) is 5.91 Å². The van der Waals surface area contributed by atoms with E-state index in [9.17, 15) is 4.79 Å². The van der Waals surface area contributed by atoms with Gasteiger partial charge in [-0.25, -0.2) is 0 Å². The van der Waals surface area contributed by atoms with Gasteiger partial charge in [0.1, 0.15) is 5.41 Å². The molecule has 96 valence electrons. The minimum atomic E-state index is -0.974. The topological polar surface area (TPSA) is 52.9 Å². The third kappa shape index (κ3) is 3.11. The van der Waals surface area contributed by atoms with Gasteiger partial charge in [0.25, 0.3) is 0 Å². The number of carbonyl (C=O) groups excluding carboxylic acids is 1. The van der Waals surface area contributed by atoms with E-state index in [4.69, 9.17) is 5.26 Å². The molecule has 1 aromatic rings. The van der Waals surface area contributed by atoms with E-state index < -0.39 is 5.41 Å². The lowest BCUT2D eigenvalue weighted by molar-refractivity contribution is -0.122. The molecule has 0 heterocycles. The molecular formula is C14H17BrN2O. The number of rotatable bonds is 4. The van der Waals surface area contributed by atoms with Crippen LogP contribution < -0.4 is 5.32 Å². The van der Waals surface area contributed by atoms with Crippen LogP contribution in [-0.2, 0) is 11.2 Å². The normalized spacial score (nSPS) is 13.5. The molecule has 0 saturated heterocycles. The number of nitrogens with zero attached hydrogens (tertiary/aromatic N) is 1. The van der Waals surface area contributed by atoms with Crippen LogP contribution in [0, 0.1) is 16.7 Å². The number of anilines is 1. The predicted molar refractivity (Wildman–Crippen MR) is 76.2 cm³/mol. The van der Waals surface area contributed by atoms with Gasteiger partial charge in [0.15, 0.2) is 0 Å². The zero-order chi connectivity index (χ0) is 13.8. The van der Waals surface area contributed by atoms with Crippen LogP contribution in [0.2, 0.25) is 0 Å². The Balaban J connectivity index is 2.99. The zero-order valence-corrected chi connectivity index (χ0v) is 12.5. The number of nitrogens with one attached hydrogen (secondary N) is 1. The fourth-order valence-corrected chi connectivity index (χ4v) is 1.94. The summed E-state index contributed by atoms with van der Waals surface area (Å²) < 4.78 is 0.982. The molecule has 0 aliphatic carbocycles. The van der Waals surface area contributed by atoms with Gasteiger partial charge in [-0.2, -0.15) is 5.26 Å². The second-order valence-corrected chi connectivity index (χ2v) is 5.32. The molecule has 0 aromatic heterocycles. The van der Waals surface area contributed by atoms with Crippen LogP contribution in [0.5, 0.6) is 0 Å². The molecule has 1 rings (SSSR count). The van der Waals surface area contributed by atoms with Crippen molar-refractivity contribution in [3.8, 4) is 6.07 Å². The summed E-state index contributed by atoms with van der Waals surface area (Å²) in [6.45, 7) is 5.53. The van der Waals surface area contributed by atoms with Crippen LogP contribution in [0.25, 0.3) is 0 Å². The summed E-state index contributed by atoms with van der Waals surface area (Å²) in [5.41, 5.74) is 0.854. The Hall–Kier alpha value is -1.34. The summed E-state index contributed by atoms with van der Waals surface area (Å²) in [7, 11) is 0. The van der Waals surface area contributed by atoms with Gasteiger partial charge in [-0.3, -0.25) is 4.79 Å². The summed E-state index contributed by atoms with van der Waals surface area (Å²) in [5, 5.41) is 11.9. The van der Waals surface area contributed by atoms with Crippen molar-refractivity contribution in [2.75, 3.05) is 5.32 Å². The molecule has 0 spiro atoms. The van der Waals surface area contributed by atoms with Gasteiger partial charge in [0, 0.05) is 10.2 Å². The van der Waals surface area contributed by atoms with Crippen LogP contribution >= 0.6 is 15.9 Å². The number of amides is 1. The number of aryl methyl sites for hydroxylation is 1. The molecule has 1 amide bonds. The Morgan fingerprint density at radius 2 is 2.17 bits per heavy atom. The Bertz CT molecular complexity index is 493. The molecule has 3 nitrogen and oxygen atoms in total. The third-order valence-electron chi connectivity index (χ3n) is 3.15. The average Bonchev–Trinajstić information content (AvgIpc) is 2.39. The van der Waals surface area contributed by atoms with Crippen LogP contribution in [-0.4, -0.2) is 5.91 Å². The second-order valence-electron chi connectivity index (χ2n) is 4.41. The fraction of sp³-hybridized carbons (Fsp3) is 0.429. The molecule has 0 radical (unpaired) electrons. The second kappa shape index (κ2) is 6.01. The lowest BCUT2D eigenvalue weighted by Crippen LogP contribution is -2.31. The van der Waals surface area contributed by atoms with Crippen molar-refractivity contribution >= 4 is 27.5 Å². The van der Waals surface area contributed by atoms with E-state index >= 15 is 0 Å². The highest BCUT2D eigenvalue weighted by Crippen LogP contribution is 2.26. The maximum atomic E-state index is 12.1. The molecule has 1 unspecified atom stereocenters. The number of hydrogen-bond acceptors (Lipinski definition) is 2. The SMILES string of the molecule is CCc1cc(Br)ccc1NC(=O)C(C)(C#N)CC. The summed E-state index contributed by atoms with van der Waals surface area (Å²) >= 11 is 3.41. The first kappa shape index (κ1) is 14.7. The molecule has 1 N–H and O–H groups in total. The molecule has 0 bridgehead atoms. The van der Waals surface area contributed by atoms with Gasteiger partial charge in [0.2, 0.25) is 5.91 Å². The van der Waals surface area contributed by atoms with Gasteiger partial charge in [0.05, 0.1) is 6.07 Å². The highest BCUT2D eigenvalue weighted by molar-refractivity contribution is 9.10. The molecule has 18 heavy (non-hydrogen) atoms. The van der Waals surface area contributed by atoms with E-state index in [0.717, 1.165) is 22.1 Å². The molecular weight excluding hydrogens is 292 g/mol. The number of nitriles is 1. The Morgan fingerprint density at radius 1 is 1.50 bits per heavy atom. The third-order valence-corrected chi connectivity index (χ3v) is 3.64. The minimum absolute atomic E-state index is 0.246. The molecule has 1 aromatic carbocycles. The molecule has 0 fully saturated rings. The maximum absolute atomic E-state index is 12.1. The van der Waals surface area contributed by atoms with Crippen molar-refractivity contribution in [1.29, 1.82) is 5.26 Å². The molecule has 0 aliphatic heterocycles. The van der Waals surface area contributed by atoms with Gasteiger partial charge < -0.3 is 5.32 Å². The Morgan fingerprint density at radius 3 is 2.67 bits per heavy atom. The molecule has 0 aliphatic rings. The average molecular weight is 309 g/mol. The highest BCUT2D eigenvalue weighted by Gasteiger charge is 2.31. The maximum Gasteiger partial charge on any atom is 0.244 e. The first-order valence-corrected chi connectivity index (χ1v) is 6.77. The zero-order valence-electron chi connectivity index (χ0n) is 10.9. The van der Waals surface area contributed by atoms with Crippen molar-refractivity contribution in [1.82, 2.24) is 0 Å². The molecule has 4 heteroatoms. The van der Waals surface area contributed by atoms with Crippen molar-refractivity contribution in [3.63, 3.8) is 0 Å². The quantitative estimate of drug-likeness (QED) is 0.917. The van der Waals surface area contributed by atoms with Gasteiger partial charge in [-0.15, -0.1) is 0 Å². The Kier molecular flexibility index (Phi) is 4.92. The molecule has 0 saturated carbocycles. The standard InChI is InChI=1S/C14H17BrN2O/c1-4-10-8-11(15)6-7-12(10)17-13(18)14(3,5-2)9-16/h6-8H,4-5H2,1-3H3,(H,17,18). The van der Waals surface area contributed by atoms with E-state index in [2.05, 4.69) is 27.3 Å². The number of halogens is 1. The highest BCUT2D eigenvalue weighted by atomic mass is 79.9. The van der Waals surface area contributed by atoms with Crippen LogP contribution in [0.1, 0.15) is 32.8 Å². The van der Waals surface area contributed by atoms with E-state index in [1.165, 1.54) is 0 Å². The largest absolute Gasteiger partial charge is 0.324 e. The van der Waals surface area contributed by atoms with Crippen LogP contribution in [0.15, 0.2) is 22.7 Å². The molecule has 1 atom stereocenters. The first-order chi connectivity index (χ1) is 8.46.